The van der Waals surface area contributed by atoms with Crippen LogP contribution in [0.3, 0.4) is 0 Å². The highest BCUT2D eigenvalue weighted by Crippen LogP contribution is 2.46. The predicted octanol–water partition coefficient (Wildman–Crippen LogP) is 12.4. The first-order valence-corrected chi connectivity index (χ1v) is 26.1. The number of rotatable bonds is 11. The van der Waals surface area contributed by atoms with E-state index < -0.39 is 28.1 Å². The van der Waals surface area contributed by atoms with Crippen LogP contribution in [-0.4, -0.2) is 75.3 Å². The van der Waals surface area contributed by atoms with E-state index in [1.165, 1.54) is 92.2 Å². The van der Waals surface area contributed by atoms with E-state index in [1.807, 2.05) is 109 Å². The topological polar surface area (TPSA) is 287 Å². The third-order valence-electron chi connectivity index (χ3n) is 13.4. The molecule has 4 heterocycles. The van der Waals surface area contributed by atoms with Gasteiger partial charge in [0.1, 0.15) is 66.9 Å². The van der Waals surface area contributed by atoms with Gasteiger partial charge in [-0.2, -0.15) is 0 Å². The summed E-state index contributed by atoms with van der Waals surface area (Å²) in [5.74, 6) is 0.984. The van der Waals surface area contributed by atoms with E-state index >= 15 is 0 Å². The Bertz CT molecular complexity index is 4710. The lowest BCUT2D eigenvalue weighted by Crippen LogP contribution is -2.05. The fourth-order valence-corrected chi connectivity index (χ4v) is 9.27. The molecule has 12 aromatic rings. The van der Waals surface area contributed by atoms with E-state index in [2.05, 4.69) is 0 Å². The maximum Gasteiger partial charge on any atom is 0.204 e. The minimum absolute atomic E-state index is 0.0238. The Kier molecular flexibility index (Phi) is 18.0. The zero-order valence-corrected chi connectivity index (χ0v) is 47.5. The Balaban J connectivity index is 0.000000138. The summed E-state index contributed by atoms with van der Waals surface area (Å²) >= 11 is 0. The van der Waals surface area contributed by atoms with Crippen molar-refractivity contribution in [1.82, 2.24) is 0 Å². The maximum atomic E-state index is 12.6. The summed E-state index contributed by atoms with van der Waals surface area (Å²) in [5, 5.41) is 50.0. The number of hydrogen-bond acceptors (Lipinski definition) is 20. The lowest BCUT2D eigenvalue weighted by atomic mass is 10.1. The predicted molar refractivity (Wildman–Crippen MR) is 326 cm³/mol. The Morgan fingerprint density at radius 2 is 0.563 bits per heavy atom. The van der Waals surface area contributed by atoms with E-state index in [9.17, 15) is 44.7 Å². The maximum absolute atomic E-state index is 12.6. The number of aromatic hydroxyl groups is 5. The monoisotopic (exact) mass is 1180 g/mol. The molecule has 0 atom stereocenters. The van der Waals surface area contributed by atoms with Gasteiger partial charge in [0.05, 0.1) is 49.8 Å². The molecule has 0 amide bonds. The third-order valence-corrected chi connectivity index (χ3v) is 13.4. The highest BCUT2D eigenvalue weighted by molar-refractivity contribution is 5.93. The lowest BCUT2D eigenvalue weighted by Gasteiger charge is -2.14. The van der Waals surface area contributed by atoms with Crippen molar-refractivity contribution < 1.29 is 76.4 Å². The number of fused-ring (bicyclic) bond motifs is 4. The molecule has 12 rings (SSSR count). The summed E-state index contributed by atoms with van der Waals surface area (Å²) in [6.07, 6.45) is 0. The molecule has 0 fully saturated rings. The van der Waals surface area contributed by atoms with Crippen molar-refractivity contribution in [2.24, 2.45) is 0 Å². The van der Waals surface area contributed by atoms with E-state index in [-0.39, 0.29) is 72.5 Å². The zero-order chi connectivity index (χ0) is 62.1. The summed E-state index contributed by atoms with van der Waals surface area (Å²) in [6.45, 7) is 0. The smallest absolute Gasteiger partial charge is 0.204 e. The third kappa shape index (κ3) is 12.2. The summed E-state index contributed by atoms with van der Waals surface area (Å²) in [6, 6.07) is 48.1. The van der Waals surface area contributed by atoms with Gasteiger partial charge in [-0.3, -0.25) is 19.2 Å². The van der Waals surface area contributed by atoms with Crippen LogP contribution in [0.2, 0.25) is 0 Å². The van der Waals surface area contributed by atoms with Crippen LogP contribution in [-0.2, 0) is 0 Å². The second-order valence-electron chi connectivity index (χ2n) is 18.5. The number of methoxy groups -OCH3 is 7. The molecular weight excluding hydrogens is 1120 g/mol. The van der Waals surface area contributed by atoms with Gasteiger partial charge >= 0.3 is 0 Å². The molecule has 5 N–H and O–H groups in total. The van der Waals surface area contributed by atoms with Crippen molar-refractivity contribution >= 4 is 43.9 Å². The second kappa shape index (κ2) is 26.2. The Hall–Kier alpha value is -11.8. The molecule has 0 aliphatic heterocycles. The minimum atomic E-state index is -0.544. The molecule has 20 nitrogen and oxygen atoms in total. The first-order chi connectivity index (χ1) is 42.1. The molecule has 87 heavy (non-hydrogen) atoms. The summed E-state index contributed by atoms with van der Waals surface area (Å²) < 4.78 is 59.0. The quantitative estimate of drug-likeness (QED) is 0.0752. The van der Waals surface area contributed by atoms with Crippen molar-refractivity contribution in [3.05, 3.63) is 211 Å². The van der Waals surface area contributed by atoms with Crippen LogP contribution < -0.4 is 54.9 Å². The summed E-state index contributed by atoms with van der Waals surface area (Å²) in [4.78, 5) is 49.3. The highest BCUT2D eigenvalue weighted by atomic mass is 16.5. The van der Waals surface area contributed by atoms with E-state index in [0.29, 0.717) is 57.0 Å². The van der Waals surface area contributed by atoms with E-state index in [4.69, 9.17) is 50.8 Å². The molecule has 8 aromatic carbocycles. The van der Waals surface area contributed by atoms with Gasteiger partial charge < -0.3 is 76.4 Å². The molecule has 0 saturated heterocycles. The fraction of sp³-hybridized carbons (Fsp3) is 0.104. The van der Waals surface area contributed by atoms with Crippen molar-refractivity contribution in [3.63, 3.8) is 0 Å². The van der Waals surface area contributed by atoms with Gasteiger partial charge in [0.2, 0.25) is 23.0 Å². The molecule has 0 spiro atoms. The van der Waals surface area contributed by atoms with Gasteiger partial charge in [-0.05, 0) is 0 Å². The average molecular weight is 1180 g/mol. The Morgan fingerprint density at radius 3 is 0.908 bits per heavy atom. The standard InChI is InChI=1S/C18H16O5.C17H14O5.2C16H12O5/c1-20-15-10-14-16(18(22-3)17(15)21-2)12(19)9-13(23-14)11-7-5-4-6-8-11;1-20-14-9-13-15(16(19)17(14)21-2)11(18)8-12(22-13)10-6-4-3-5-7-10;1-20-16-11(18)8-13-14(15(16)19)10(17)7-12(21-13)9-5-3-2-4-6-9;1-20-13-8-12-14(16(19)15(13)18)10(17)7-11(21-12)9-5-3-2-4-6-9/h4-10H,1-3H3;3-9,19H,1-2H3;2*2-8,18-19H,1H3. The molecule has 4 aromatic heterocycles. The molecule has 20 heteroatoms. The first-order valence-electron chi connectivity index (χ1n) is 26.1. The van der Waals surface area contributed by atoms with Crippen LogP contribution in [0.25, 0.3) is 89.2 Å². The van der Waals surface area contributed by atoms with Crippen molar-refractivity contribution in [3.8, 4) is 114 Å². The van der Waals surface area contributed by atoms with E-state index in [0.717, 1.165) is 22.3 Å². The van der Waals surface area contributed by atoms with Crippen molar-refractivity contribution in [2.75, 3.05) is 49.8 Å². The number of phenolic OH excluding ortho intramolecular Hbond substituents is 5. The molecule has 442 valence electrons. The average Bonchev–Trinajstić information content (AvgIpc) is 2.69. The Morgan fingerprint density at radius 1 is 0.276 bits per heavy atom. The molecule has 0 aliphatic carbocycles. The van der Waals surface area contributed by atoms with Gasteiger partial charge in [0, 0.05) is 70.8 Å². The normalized spacial score (nSPS) is 10.7. The minimum Gasteiger partial charge on any atom is -0.504 e. The van der Waals surface area contributed by atoms with Crippen LogP contribution in [0, 0.1) is 0 Å². The second-order valence-corrected chi connectivity index (χ2v) is 18.5. The largest absolute Gasteiger partial charge is 0.504 e. The number of hydrogen-bond donors (Lipinski definition) is 5. The fourth-order valence-electron chi connectivity index (χ4n) is 9.27. The molecule has 0 aliphatic rings. The molecular formula is C67H54O20. The zero-order valence-electron chi connectivity index (χ0n) is 47.5. The molecule has 0 bridgehead atoms. The van der Waals surface area contributed by atoms with Gasteiger partial charge in [-0.25, -0.2) is 0 Å². The van der Waals surface area contributed by atoms with Gasteiger partial charge in [0.25, 0.3) is 0 Å². The SMILES string of the molecule is COc1c(O)cc2oc(-c3ccccc3)cc(=O)c2c1O.COc1cc2oc(-c3ccccc3)cc(=O)c2c(O)c1O.COc1cc2oc(-c3ccccc3)cc(=O)c2c(O)c1OC.COc1cc2oc(-c3ccccc3)cc(=O)c2c(OC)c1OC. The summed E-state index contributed by atoms with van der Waals surface area (Å²) in [5.41, 5.74) is 2.52. The van der Waals surface area contributed by atoms with Crippen LogP contribution in [0.4, 0.5) is 0 Å². The Labute approximate surface area is 493 Å². The number of benzene rings is 8. The lowest BCUT2D eigenvalue weighted by molar-refractivity contribution is 0.326. The van der Waals surface area contributed by atoms with Crippen molar-refractivity contribution in [2.45, 2.75) is 0 Å². The number of ether oxygens (including phenoxy) is 7. The van der Waals surface area contributed by atoms with Gasteiger partial charge in [-0.15, -0.1) is 0 Å². The van der Waals surface area contributed by atoms with Crippen LogP contribution in [0.5, 0.6) is 69.0 Å². The van der Waals surface area contributed by atoms with Crippen LogP contribution >= 0.6 is 0 Å². The van der Waals surface area contributed by atoms with Crippen molar-refractivity contribution in [1.29, 1.82) is 0 Å². The first kappa shape index (κ1) is 59.8. The van der Waals surface area contributed by atoms with E-state index in [1.54, 1.807) is 18.2 Å². The highest BCUT2D eigenvalue weighted by Gasteiger charge is 2.23. The number of phenols is 5. The van der Waals surface area contributed by atoms with Crippen LogP contribution in [0.1, 0.15) is 0 Å². The van der Waals surface area contributed by atoms with Gasteiger partial charge in [-0.1, -0.05) is 121 Å². The molecule has 0 radical (unpaired) electrons. The molecule has 0 unspecified atom stereocenters. The summed E-state index contributed by atoms with van der Waals surface area (Å²) in [7, 11) is 9.96. The van der Waals surface area contributed by atoms with Crippen LogP contribution in [0.15, 0.2) is 207 Å². The van der Waals surface area contributed by atoms with Gasteiger partial charge in [0.15, 0.2) is 67.7 Å². The molecule has 0 saturated carbocycles.